The van der Waals surface area contributed by atoms with Gasteiger partial charge in [-0.15, -0.1) is 0 Å². The molecule has 5 heteroatoms. The molecular formula is C13H12N2O3. The Hall–Kier alpha value is -2.19. The van der Waals surface area contributed by atoms with Crippen molar-refractivity contribution in [1.29, 1.82) is 5.26 Å². The molecule has 0 saturated carbocycles. The number of rotatable bonds is 2. The Morgan fingerprint density at radius 3 is 2.61 bits per heavy atom. The van der Waals surface area contributed by atoms with Crippen LogP contribution in [0.2, 0.25) is 0 Å². The predicted octanol–water partition coefficient (Wildman–Crippen LogP) is 0.994. The molecule has 0 spiro atoms. The molecule has 0 aliphatic carbocycles. The summed E-state index contributed by atoms with van der Waals surface area (Å²) >= 11 is 0. The van der Waals surface area contributed by atoms with E-state index in [1.807, 2.05) is 6.07 Å². The largest absolute Gasteiger partial charge is 0.388 e. The van der Waals surface area contributed by atoms with E-state index in [0.29, 0.717) is 12.0 Å². The summed E-state index contributed by atoms with van der Waals surface area (Å²) in [4.78, 5) is 23.3. The average molecular weight is 244 g/mol. The van der Waals surface area contributed by atoms with Gasteiger partial charge in [0.15, 0.2) is 0 Å². The molecule has 1 atom stereocenters. The van der Waals surface area contributed by atoms with Crippen LogP contribution in [0.3, 0.4) is 0 Å². The zero-order chi connectivity index (χ0) is 13.0. The number of nitriles is 1. The average Bonchev–Trinajstić information content (AvgIpc) is 2.92. The first-order chi connectivity index (χ1) is 8.70. The predicted molar refractivity (Wildman–Crippen MR) is 62.6 cm³/mol. The van der Waals surface area contributed by atoms with Crippen LogP contribution in [0, 0.1) is 11.3 Å². The van der Waals surface area contributed by atoms with Crippen LogP contribution in [-0.2, 0) is 9.53 Å². The molecule has 0 amide bonds. The lowest BCUT2D eigenvalue weighted by Crippen LogP contribution is -2.33. The molecule has 18 heavy (non-hydrogen) atoms. The van der Waals surface area contributed by atoms with E-state index in [2.05, 4.69) is 5.32 Å². The van der Waals surface area contributed by atoms with Gasteiger partial charge in [-0.2, -0.15) is 5.26 Å². The van der Waals surface area contributed by atoms with Gasteiger partial charge in [0.25, 0.3) is 0 Å². The number of hydrogen-bond donors (Lipinski definition) is 1. The van der Waals surface area contributed by atoms with E-state index < -0.39 is 11.9 Å². The summed E-state index contributed by atoms with van der Waals surface area (Å²) in [6, 6.07) is 7.52. The maximum atomic E-state index is 11.7. The van der Waals surface area contributed by atoms with Gasteiger partial charge in [0, 0.05) is 0 Å². The Morgan fingerprint density at radius 2 is 2.06 bits per heavy atom. The first-order valence-electron chi connectivity index (χ1n) is 5.70. The minimum absolute atomic E-state index is 0.264. The van der Waals surface area contributed by atoms with Crippen molar-refractivity contribution in [2.75, 3.05) is 6.54 Å². The van der Waals surface area contributed by atoms with E-state index in [1.165, 1.54) is 24.3 Å². The van der Waals surface area contributed by atoms with E-state index in [0.717, 1.165) is 13.0 Å². The van der Waals surface area contributed by atoms with Gasteiger partial charge < -0.3 is 10.1 Å². The molecule has 1 N–H and O–H groups in total. The Kier molecular flexibility index (Phi) is 3.70. The van der Waals surface area contributed by atoms with Crippen LogP contribution in [0.25, 0.3) is 0 Å². The third-order valence-corrected chi connectivity index (χ3v) is 2.79. The summed E-state index contributed by atoms with van der Waals surface area (Å²) in [6.07, 6.45) is 1.60. The Morgan fingerprint density at radius 1 is 1.33 bits per heavy atom. The van der Waals surface area contributed by atoms with Crippen LogP contribution in [0.5, 0.6) is 0 Å². The van der Waals surface area contributed by atoms with Crippen LogP contribution >= 0.6 is 0 Å². The number of nitrogens with zero attached hydrogens (tertiary/aromatic N) is 1. The fraction of sp³-hybridized carbons (Fsp3) is 0.308. The molecule has 0 bridgehead atoms. The molecule has 5 nitrogen and oxygen atoms in total. The summed E-state index contributed by atoms with van der Waals surface area (Å²) in [6.45, 7) is 0.769. The SMILES string of the molecule is N#Cc1ccc(C(=O)OC(=O)[C@@H]2CCCN2)cc1. The smallest absolute Gasteiger partial charge is 0.345 e. The number of hydrogen-bond acceptors (Lipinski definition) is 5. The Bertz CT molecular complexity index is 496. The first-order valence-corrected chi connectivity index (χ1v) is 5.70. The van der Waals surface area contributed by atoms with Gasteiger partial charge in [-0.05, 0) is 43.7 Å². The molecular weight excluding hydrogens is 232 g/mol. The van der Waals surface area contributed by atoms with Gasteiger partial charge in [0.2, 0.25) is 0 Å². The van der Waals surface area contributed by atoms with Gasteiger partial charge in [-0.3, -0.25) is 0 Å². The minimum atomic E-state index is -0.682. The third-order valence-electron chi connectivity index (χ3n) is 2.79. The molecule has 0 unspecified atom stereocenters. The number of ether oxygens (including phenoxy) is 1. The molecule has 1 saturated heterocycles. The summed E-state index contributed by atoms with van der Waals surface area (Å²) in [5.41, 5.74) is 0.718. The lowest BCUT2D eigenvalue weighted by Gasteiger charge is -2.08. The van der Waals surface area contributed by atoms with Gasteiger partial charge >= 0.3 is 11.9 Å². The molecule has 0 radical (unpaired) electrons. The monoisotopic (exact) mass is 244 g/mol. The van der Waals surface area contributed by atoms with Gasteiger partial charge in [0.05, 0.1) is 17.2 Å². The second-order valence-corrected chi connectivity index (χ2v) is 4.05. The molecule has 1 aliphatic heterocycles. The molecule has 0 aromatic heterocycles. The van der Waals surface area contributed by atoms with Crippen molar-refractivity contribution in [3.05, 3.63) is 35.4 Å². The second-order valence-electron chi connectivity index (χ2n) is 4.05. The molecule has 1 fully saturated rings. The van der Waals surface area contributed by atoms with Gasteiger partial charge in [-0.1, -0.05) is 0 Å². The van der Waals surface area contributed by atoms with Crippen LogP contribution < -0.4 is 5.32 Å². The van der Waals surface area contributed by atoms with Crippen molar-refractivity contribution in [3.8, 4) is 6.07 Å². The second kappa shape index (κ2) is 5.43. The standard InChI is InChI=1S/C13H12N2O3/c14-8-9-3-5-10(6-4-9)12(16)18-13(17)11-2-1-7-15-11/h3-6,11,15H,1-2,7H2/t11-/m0/s1. The highest BCUT2D eigenvalue weighted by molar-refractivity contribution is 5.98. The van der Waals surface area contributed by atoms with Crippen molar-refractivity contribution in [3.63, 3.8) is 0 Å². The maximum Gasteiger partial charge on any atom is 0.345 e. The lowest BCUT2D eigenvalue weighted by atomic mass is 10.1. The number of esters is 2. The highest BCUT2D eigenvalue weighted by atomic mass is 16.6. The van der Waals surface area contributed by atoms with Crippen molar-refractivity contribution in [1.82, 2.24) is 5.32 Å². The summed E-state index contributed by atoms with van der Waals surface area (Å²) in [5, 5.41) is 11.6. The zero-order valence-corrected chi connectivity index (χ0v) is 9.68. The fourth-order valence-electron chi connectivity index (χ4n) is 1.79. The number of benzene rings is 1. The van der Waals surface area contributed by atoms with Crippen LogP contribution in [0.1, 0.15) is 28.8 Å². The topological polar surface area (TPSA) is 79.2 Å². The quantitative estimate of drug-likeness (QED) is 0.620. The van der Waals surface area contributed by atoms with E-state index >= 15 is 0 Å². The van der Waals surface area contributed by atoms with Crippen molar-refractivity contribution >= 4 is 11.9 Å². The fourth-order valence-corrected chi connectivity index (χ4v) is 1.79. The molecule has 2 rings (SSSR count). The Balaban J connectivity index is 1.98. The van der Waals surface area contributed by atoms with Crippen molar-refractivity contribution < 1.29 is 14.3 Å². The molecule has 1 heterocycles. The van der Waals surface area contributed by atoms with E-state index in [9.17, 15) is 9.59 Å². The molecule has 1 aromatic carbocycles. The van der Waals surface area contributed by atoms with Crippen molar-refractivity contribution in [2.24, 2.45) is 0 Å². The van der Waals surface area contributed by atoms with Crippen LogP contribution in [0.15, 0.2) is 24.3 Å². The normalized spacial score (nSPS) is 18.1. The molecule has 1 aliphatic rings. The summed E-state index contributed by atoms with van der Waals surface area (Å²) in [5.74, 6) is -1.22. The van der Waals surface area contributed by atoms with E-state index in [1.54, 1.807) is 0 Å². The summed E-state index contributed by atoms with van der Waals surface area (Å²) < 4.78 is 4.77. The maximum absolute atomic E-state index is 11.7. The number of nitrogens with one attached hydrogen (secondary N) is 1. The number of carbonyl (C=O) groups excluding carboxylic acids is 2. The van der Waals surface area contributed by atoms with E-state index in [4.69, 9.17) is 10.00 Å². The van der Waals surface area contributed by atoms with E-state index in [-0.39, 0.29) is 11.6 Å². The van der Waals surface area contributed by atoms with Crippen LogP contribution in [0.4, 0.5) is 0 Å². The highest BCUT2D eigenvalue weighted by Crippen LogP contribution is 2.09. The third kappa shape index (κ3) is 2.73. The Labute approximate surface area is 104 Å². The highest BCUT2D eigenvalue weighted by Gasteiger charge is 2.25. The van der Waals surface area contributed by atoms with Gasteiger partial charge in [-0.25, -0.2) is 9.59 Å². The zero-order valence-electron chi connectivity index (χ0n) is 9.68. The molecule has 92 valence electrons. The minimum Gasteiger partial charge on any atom is -0.388 e. The molecule has 1 aromatic rings. The lowest BCUT2D eigenvalue weighted by molar-refractivity contribution is -0.139. The number of carbonyl (C=O) groups is 2. The summed E-state index contributed by atoms with van der Waals surface area (Å²) in [7, 11) is 0. The first kappa shape index (κ1) is 12.3. The van der Waals surface area contributed by atoms with Crippen molar-refractivity contribution in [2.45, 2.75) is 18.9 Å². The van der Waals surface area contributed by atoms with Crippen LogP contribution in [-0.4, -0.2) is 24.5 Å². The van der Waals surface area contributed by atoms with Gasteiger partial charge in [0.1, 0.15) is 6.04 Å².